The molecule has 0 atom stereocenters. The Morgan fingerprint density at radius 2 is 1.73 bits per heavy atom. The van der Waals surface area contributed by atoms with Crippen LogP contribution in [0.15, 0.2) is 65.8 Å². The Labute approximate surface area is 247 Å². The van der Waals surface area contributed by atoms with Gasteiger partial charge < -0.3 is 4.90 Å². The number of nitrogens with zero attached hydrogens (tertiary/aromatic N) is 3. The number of sulfone groups is 1. The second-order valence-corrected chi connectivity index (χ2v) is 11.1. The molecule has 4 aromatic rings. The molecular weight excluding hydrogens is 612 g/mol. The zero-order valence-electron chi connectivity index (χ0n) is 21.0. The van der Waals surface area contributed by atoms with E-state index in [9.17, 15) is 26.4 Å². The van der Waals surface area contributed by atoms with E-state index in [1.165, 1.54) is 18.3 Å². The van der Waals surface area contributed by atoms with E-state index in [0.717, 1.165) is 11.9 Å². The lowest BCUT2D eigenvalue weighted by atomic mass is 9.88. The lowest BCUT2D eigenvalue weighted by molar-refractivity contribution is -0.140. The van der Waals surface area contributed by atoms with Crippen LogP contribution in [0.3, 0.4) is 0 Å². The minimum atomic E-state index is -4.59. The fraction of sp³-hybridized carbons (Fsp3) is 0.269. The van der Waals surface area contributed by atoms with Gasteiger partial charge in [-0.05, 0) is 48.7 Å². The molecule has 0 radical (unpaired) electrons. The third-order valence-corrected chi connectivity index (χ3v) is 7.80. The number of ketones is 1. The number of piperidine rings is 1. The van der Waals surface area contributed by atoms with Gasteiger partial charge in [0.15, 0.2) is 21.3 Å². The Hall–Kier alpha value is -2.86. The average Bonchev–Trinajstić information content (AvgIpc) is 3.38. The van der Waals surface area contributed by atoms with Gasteiger partial charge in [0.05, 0.1) is 10.4 Å². The molecule has 1 N–H and O–H groups in total. The summed E-state index contributed by atoms with van der Waals surface area (Å²) in [6.07, 6.45) is 0.532. The molecule has 1 aliphatic heterocycles. The standard InChI is InChI=1S/C26H23F3N4O3S.3ClH/c1-37(35,36)19-4-2-3-18(13-19)24(34)16-8-11-33(12-9-16)23-7-10-30-22-6-5-17(14-20(22)23)21-15-31-32-25(21)26(27,28)29;;;/h2-7,10,13-16H,8-9,11-12H2,1H3,(H,31,32);3*1H. The largest absolute Gasteiger partial charge is 0.435 e. The summed E-state index contributed by atoms with van der Waals surface area (Å²) in [6, 6.07) is 12.9. The maximum Gasteiger partial charge on any atom is 0.435 e. The number of Topliss-reactive ketones (excluding diaryl/α,β-unsaturated/α-hetero) is 1. The highest BCUT2D eigenvalue weighted by atomic mass is 35.5. The van der Waals surface area contributed by atoms with Crippen LogP contribution in [-0.4, -0.2) is 48.7 Å². The fourth-order valence-corrected chi connectivity index (χ4v) is 5.47. The van der Waals surface area contributed by atoms with Crippen molar-refractivity contribution in [2.75, 3.05) is 24.2 Å². The number of H-pyrrole nitrogens is 1. The molecule has 3 heterocycles. The van der Waals surface area contributed by atoms with Crippen LogP contribution >= 0.6 is 37.2 Å². The molecule has 40 heavy (non-hydrogen) atoms. The Morgan fingerprint density at radius 3 is 2.38 bits per heavy atom. The van der Waals surface area contributed by atoms with E-state index in [-0.39, 0.29) is 59.4 Å². The van der Waals surface area contributed by atoms with Gasteiger partial charge in [0.2, 0.25) is 0 Å². The number of aromatic nitrogens is 3. The van der Waals surface area contributed by atoms with Crippen LogP contribution in [0.5, 0.6) is 0 Å². The molecule has 7 nitrogen and oxygen atoms in total. The summed E-state index contributed by atoms with van der Waals surface area (Å²) in [7, 11) is -3.42. The molecule has 1 saturated heterocycles. The van der Waals surface area contributed by atoms with Gasteiger partial charge in [-0.15, -0.1) is 37.2 Å². The number of carbonyl (C=O) groups excluding carboxylic acids is 1. The molecule has 0 bridgehead atoms. The molecule has 216 valence electrons. The zero-order chi connectivity index (χ0) is 26.4. The zero-order valence-corrected chi connectivity index (χ0v) is 24.3. The van der Waals surface area contributed by atoms with E-state index >= 15 is 0 Å². The summed E-state index contributed by atoms with van der Waals surface area (Å²) in [5.74, 6) is -0.346. The van der Waals surface area contributed by atoms with Crippen molar-refractivity contribution in [2.24, 2.45) is 5.92 Å². The number of carbonyl (C=O) groups is 1. The number of rotatable bonds is 5. The summed E-state index contributed by atoms with van der Waals surface area (Å²) < 4.78 is 63.9. The van der Waals surface area contributed by atoms with Crippen LogP contribution in [0.25, 0.3) is 22.0 Å². The van der Waals surface area contributed by atoms with Crippen molar-refractivity contribution in [1.82, 2.24) is 15.2 Å². The van der Waals surface area contributed by atoms with Crippen LogP contribution in [0, 0.1) is 5.92 Å². The molecule has 2 aromatic carbocycles. The highest BCUT2D eigenvalue weighted by Crippen LogP contribution is 2.38. The van der Waals surface area contributed by atoms with Gasteiger partial charge in [0, 0.05) is 59.9 Å². The summed E-state index contributed by atoms with van der Waals surface area (Å²) in [5.41, 5.74) is 1.21. The van der Waals surface area contributed by atoms with E-state index in [2.05, 4.69) is 20.1 Å². The maximum absolute atomic E-state index is 13.4. The summed E-state index contributed by atoms with van der Waals surface area (Å²) in [6.45, 7) is 1.12. The Bertz CT molecular complexity index is 1610. The van der Waals surface area contributed by atoms with Crippen molar-refractivity contribution in [1.29, 1.82) is 0 Å². The number of alkyl halides is 3. The number of hydrogen-bond acceptors (Lipinski definition) is 6. The average molecular weight is 638 g/mol. The third kappa shape index (κ3) is 6.71. The van der Waals surface area contributed by atoms with Crippen LogP contribution in [-0.2, 0) is 16.0 Å². The van der Waals surface area contributed by atoms with Gasteiger partial charge in [0.25, 0.3) is 0 Å². The number of pyridine rings is 1. The van der Waals surface area contributed by atoms with Gasteiger partial charge in [0.1, 0.15) is 0 Å². The molecule has 0 spiro atoms. The summed E-state index contributed by atoms with van der Waals surface area (Å²) >= 11 is 0. The van der Waals surface area contributed by atoms with Gasteiger partial charge in [-0.3, -0.25) is 14.9 Å². The lowest BCUT2D eigenvalue weighted by Gasteiger charge is -2.33. The number of benzene rings is 2. The molecule has 0 amide bonds. The minimum Gasteiger partial charge on any atom is -0.371 e. The second kappa shape index (κ2) is 12.8. The first-order chi connectivity index (χ1) is 17.5. The number of halogens is 6. The first kappa shape index (κ1) is 33.3. The fourth-order valence-electron chi connectivity index (χ4n) is 4.80. The first-order valence-electron chi connectivity index (χ1n) is 11.6. The molecule has 2 aromatic heterocycles. The second-order valence-electron chi connectivity index (χ2n) is 9.13. The molecule has 0 aliphatic carbocycles. The van der Waals surface area contributed by atoms with E-state index in [4.69, 9.17) is 0 Å². The predicted octanol–water partition coefficient (Wildman–Crippen LogP) is 6.41. The molecule has 14 heteroatoms. The molecule has 0 unspecified atom stereocenters. The van der Waals surface area contributed by atoms with Crippen molar-refractivity contribution in [3.8, 4) is 11.1 Å². The maximum atomic E-state index is 13.4. The van der Waals surface area contributed by atoms with Crippen molar-refractivity contribution in [2.45, 2.75) is 23.9 Å². The summed E-state index contributed by atoms with van der Waals surface area (Å²) in [5, 5.41) is 6.40. The first-order valence-corrected chi connectivity index (χ1v) is 13.5. The van der Waals surface area contributed by atoms with E-state index in [1.54, 1.807) is 36.5 Å². The highest BCUT2D eigenvalue weighted by Gasteiger charge is 2.37. The molecule has 1 fully saturated rings. The minimum absolute atomic E-state index is 0. The van der Waals surface area contributed by atoms with Crippen LogP contribution in [0.1, 0.15) is 28.9 Å². The smallest absolute Gasteiger partial charge is 0.371 e. The molecule has 1 aliphatic rings. The van der Waals surface area contributed by atoms with Crippen LogP contribution < -0.4 is 4.90 Å². The Morgan fingerprint density at radius 1 is 1.02 bits per heavy atom. The van der Waals surface area contributed by atoms with Crippen molar-refractivity contribution in [3.05, 3.63) is 72.2 Å². The SMILES string of the molecule is CS(=O)(=O)c1cccc(C(=O)C2CCN(c3ccnc4ccc(-c5c[nH]nc5C(F)(F)F)cc34)CC2)c1.Cl.Cl.Cl. The lowest BCUT2D eigenvalue weighted by Crippen LogP contribution is -2.36. The van der Waals surface area contributed by atoms with Gasteiger partial charge >= 0.3 is 6.18 Å². The van der Waals surface area contributed by atoms with Gasteiger partial charge in [-0.1, -0.05) is 18.2 Å². The van der Waals surface area contributed by atoms with E-state index in [0.29, 0.717) is 48.0 Å². The monoisotopic (exact) mass is 636 g/mol. The van der Waals surface area contributed by atoms with Crippen LogP contribution in [0.4, 0.5) is 18.9 Å². The van der Waals surface area contributed by atoms with Gasteiger partial charge in [-0.25, -0.2) is 8.42 Å². The van der Waals surface area contributed by atoms with Crippen molar-refractivity contribution >= 4 is 69.4 Å². The number of aromatic amines is 1. The summed E-state index contributed by atoms with van der Waals surface area (Å²) in [4.78, 5) is 19.7. The molecule has 5 rings (SSSR count). The highest BCUT2D eigenvalue weighted by molar-refractivity contribution is 7.90. The van der Waals surface area contributed by atoms with Crippen molar-refractivity contribution < 1.29 is 26.4 Å². The molecular formula is C26H26Cl3F3N4O3S. The van der Waals surface area contributed by atoms with Crippen molar-refractivity contribution in [3.63, 3.8) is 0 Å². The van der Waals surface area contributed by atoms with E-state index < -0.39 is 21.7 Å². The number of hydrogen-bond donors (Lipinski definition) is 1. The number of nitrogens with one attached hydrogen (secondary N) is 1. The predicted molar refractivity (Wildman–Crippen MR) is 155 cm³/mol. The Balaban J connectivity index is 0.00000187. The molecule has 0 saturated carbocycles. The topological polar surface area (TPSA) is 96.0 Å². The van der Waals surface area contributed by atoms with E-state index in [1.807, 2.05) is 6.07 Å². The van der Waals surface area contributed by atoms with Gasteiger partial charge in [-0.2, -0.15) is 18.3 Å². The Kier molecular flexibility index (Phi) is 10.6. The number of anilines is 1. The quantitative estimate of drug-likeness (QED) is 0.254. The third-order valence-electron chi connectivity index (χ3n) is 6.69. The van der Waals surface area contributed by atoms with Crippen LogP contribution in [0.2, 0.25) is 0 Å². The number of fused-ring (bicyclic) bond motifs is 1. The normalized spacial score (nSPS) is 14.2.